The Hall–Kier alpha value is -3.38. The fourth-order valence-corrected chi connectivity index (χ4v) is 3.10. The first-order valence-corrected chi connectivity index (χ1v) is 8.50. The first-order valence-electron chi connectivity index (χ1n) is 8.50. The number of hydrogen-bond donors (Lipinski definition) is 0. The highest BCUT2D eigenvalue weighted by atomic mass is 16.7. The van der Waals surface area contributed by atoms with E-state index in [1.165, 1.54) is 12.1 Å². The SMILES string of the molecule is O=[N+]([O-])c1cc2c(c(COc3ccccc3-c3ccccc3)c1)OCOC2. The molecule has 0 N–H and O–H groups in total. The number of nitrogens with zero attached hydrogens (tertiary/aromatic N) is 1. The molecule has 6 nitrogen and oxygen atoms in total. The van der Waals surface area contributed by atoms with Crippen molar-refractivity contribution in [1.82, 2.24) is 0 Å². The third kappa shape index (κ3) is 3.61. The number of non-ortho nitro benzene ring substituents is 1. The topological polar surface area (TPSA) is 70.8 Å². The number of hydrogen-bond acceptors (Lipinski definition) is 5. The molecule has 0 spiro atoms. The second-order valence-electron chi connectivity index (χ2n) is 6.11. The van der Waals surface area contributed by atoms with Crippen LogP contribution >= 0.6 is 0 Å². The van der Waals surface area contributed by atoms with Crippen molar-refractivity contribution in [2.24, 2.45) is 0 Å². The smallest absolute Gasteiger partial charge is 0.270 e. The lowest BCUT2D eigenvalue weighted by Gasteiger charge is -2.21. The Balaban J connectivity index is 1.65. The van der Waals surface area contributed by atoms with E-state index < -0.39 is 4.92 Å². The highest BCUT2D eigenvalue weighted by Gasteiger charge is 2.21. The summed E-state index contributed by atoms with van der Waals surface area (Å²) in [4.78, 5) is 10.8. The average Bonchev–Trinajstić information content (AvgIpc) is 2.72. The molecule has 27 heavy (non-hydrogen) atoms. The van der Waals surface area contributed by atoms with Crippen LogP contribution in [0.25, 0.3) is 11.1 Å². The summed E-state index contributed by atoms with van der Waals surface area (Å²) < 4.78 is 16.8. The third-order valence-electron chi connectivity index (χ3n) is 4.34. The van der Waals surface area contributed by atoms with E-state index in [1.807, 2.05) is 54.6 Å². The Morgan fingerprint density at radius 1 is 1.04 bits per heavy atom. The van der Waals surface area contributed by atoms with Crippen LogP contribution in [0.3, 0.4) is 0 Å². The summed E-state index contributed by atoms with van der Waals surface area (Å²) in [6.45, 7) is 0.566. The van der Waals surface area contributed by atoms with E-state index in [0.717, 1.165) is 11.1 Å². The predicted octanol–water partition coefficient (Wildman–Crippen LogP) is 4.71. The minimum absolute atomic E-state index is 0.00204. The summed E-state index contributed by atoms with van der Waals surface area (Å²) in [5.74, 6) is 1.31. The lowest BCUT2D eigenvalue weighted by Crippen LogP contribution is -2.14. The molecule has 0 atom stereocenters. The van der Waals surface area contributed by atoms with Gasteiger partial charge in [-0.2, -0.15) is 0 Å². The van der Waals surface area contributed by atoms with Crippen molar-refractivity contribution >= 4 is 5.69 Å². The van der Waals surface area contributed by atoms with Gasteiger partial charge in [-0.3, -0.25) is 10.1 Å². The number of rotatable bonds is 5. The molecule has 0 unspecified atom stereocenters. The van der Waals surface area contributed by atoms with E-state index in [-0.39, 0.29) is 25.7 Å². The zero-order valence-electron chi connectivity index (χ0n) is 14.5. The second kappa shape index (κ2) is 7.47. The van der Waals surface area contributed by atoms with Gasteiger partial charge >= 0.3 is 0 Å². The van der Waals surface area contributed by atoms with Crippen LogP contribution in [-0.4, -0.2) is 11.7 Å². The maximum absolute atomic E-state index is 11.2. The Labute approximate surface area is 156 Å². The maximum atomic E-state index is 11.2. The monoisotopic (exact) mass is 363 g/mol. The molecule has 0 bridgehead atoms. The van der Waals surface area contributed by atoms with Gasteiger partial charge in [0.25, 0.3) is 5.69 Å². The van der Waals surface area contributed by atoms with Gasteiger partial charge in [-0.05, 0) is 11.6 Å². The highest BCUT2D eigenvalue weighted by Crippen LogP contribution is 2.35. The molecule has 1 aliphatic rings. The number of nitro groups is 1. The molecular weight excluding hydrogens is 346 g/mol. The molecule has 1 heterocycles. The van der Waals surface area contributed by atoms with Gasteiger partial charge in [0.05, 0.1) is 11.5 Å². The first kappa shape index (κ1) is 17.1. The van der Waals surface area contributed by atoms with Gasteiger partial charge in [-0.25, -0.2) is 0 Å². The zero-order chi connectivity index (χ0) is 18.6. The summed E-state index contributed by atoms with van der Waals surface area (Å²) in [5.41, 5.74) is 3.29. The Morgan fingerprint density at radius 3 is 2.63 bits per heavy atom. The Bertz CT molecular complexity index is 972. The Morgan fingerprint density at radius 2 is 1.81 bits per heavy atom. The van der Waals surface area contributed by atoms with Crippen LogP contribution in [0.1, 0.15) is 11.1 Å². The van der Waals surface area contributed by atoms with Gasteiger partial charge in [-0.15, -0.1) is 0 Å². The summed E-state index contributed by atoms with van der Waals surface area (Å²) in [5, 5.41) is 11.2. The maximum Gasteiger partial charge on any atom is 0.270 e. The standard InChI is InChI=1S/C21H17NO5/c23-22(24)18-10-16-12-25-14-27-21(16)17(11-18)13-26-20-9-5-4-8-19(20)15-6-2-1-3-7-15/h1-11H,12-14H2. The van der Waals surface area contributed by atoms with Gasteiger partial charge in [-0.1, -0.05) is 48.5 Å². The van der Waals surface area contributed by atoms with E-state index in [9.17, 15) is 10.1 Å². The molecule has 0 saturated heterocycles. The number of para-hydroxylation sites is 1. The van der Waals surface area contributed by atoms with Crippen molar-refractivity contribution in [2.75, 3.05) is 6.79 Å². The molecule has 0 saturated carbocycles. The summed E-state index contributed by atoms with van der Waals surface area (Å²) in [6, 6.07) is 20.6. The zero-order valence-corrected chi connectivity index (χ0v) is 14.5. The van der Waals surface area contributed by atoms with Crippen LogP contribution in [0.15, 0.2) is 66.7 Å². The fourth-order valence-electron chi connectivity index (χ4n) is 3.10. The number of nitro benzene ring substituents is 1. The van der Waals surface area contributed by atoms with Crippen molar-refractivity contribution < 1.29 is 19.1 Å². The summed E-state index contributed by atoms with van der Waals surface area (Å²) >= 11 is 0. The van der Waals surface area contributed by atoms with Crippen molar-refractivity contribution in [3.63, 3.8) is 0 Å². The highest BCUT2D eigenvalue weighted by molar-refractivity contribution is 5.70. The van der Waals surface area contributed by atoms with Crippen LogP contribution in [0.4, 0.5) is 5.69 Å². The summed E-state index contributed by atoms with van der Waals surface area (Å²) in [6.07, 6.45) is 0. The van der Waals surface area contributed by atoms with E-state index in [0.29, 0.717) is 22.6 Å². The molecular formula is C21H17NO5. The van der Waals surface area contributed by atoms with Gasteiger partial charge in [0.1, 0.15) is 18.1 Å². The van der Waals surface area contributed by atoms with Crippen LogP contribution < -0.4 is 9.47 Å². The van der Waals surface area contributed by atoms with E-state index in [2.05, 4.69) is 0 Å². The van der Waals surface area contributed by atoms with Crippen molar-refractivity contribution in [2.45, 2.75) is 13.2 Å². The van der Waals surface area contributed by atoms with E-state index in [1.54, 1.807) is 0 Å². The van der Waals surface area contributed by atoms with Crippen molar-refractivity contribution in [3.8, 4) is 22.6 Å². The van der Waals surface area contributed by atoms with Crippen LogP contribution in [0, 0.1) is 10.1 Å². The molecule has 4 rings (SSSR count). The van der Waals surface area contributed by atoms with Crippen molar-refractivity contribution in [1.29, 1.82) is 0 Å². The molecule has 1 aliphatic heterocycles. The molecule has 0 aliphatic carbocycles. The molecule has 0 fully saturated rings. The fraction of sp³-hybridized carbons (Fsp3) is 0.143. The predicted molar refractivity (Wildman–Crippen MR) is 99.6 cm³/mol. The normalized spacial score (nSPS) is 12.7. The molecule has 0 amide bonds. The number of fused-ring (bicyclic) bond motifs is 1. The lowest BCUT2D eigenvalue weighted by atomic mass is 10.0. The largest absolute Gasteiger partial charge is 0.488 e. The molecule has 136 valence electrons. The lowest BCUT2D eigenvalue weighted by molar-refractivity contribution is -0.385. The van der Waals surface area contributed by atoms with Gasteiger partial charge in [0.15, 0.2) is 6.79 Å². The minimum Gasteiger partial charge on any atom is -0.488 e. The summed E-state index contributed by atoms with van der Waals surface area (Å²) in [7, 11) is 0. The Kier molecular flexibility index (Phi) is 4.72. The van der Waals surface area contributed by atoms with Crippen LogP contribution in [0.5, 0.6) is 11.5 Å². The van der Waals surface area contributed by atoms with Gasteiger partial charge in [0.2, 0.25) is 0 Å². The third-order valence-corrected chi connectivity index (χ3v) is 4.34. The van der Waals surface area contributed by atoms with Crippen molar-refractivity contribution in [3.05, 3.63) is 88.0 Å². The molecule has 6 heteroatoms. The van der Waals surface area contributed by atoms with E-state index >= 15 is 0 Å². The van der Waals surface area contributed by atoms with Crippen LogP contribution in [0.2, 0.25) is 0 Å². The first-order chi connectivity index (χ1) is 13.2. The molecule has 3 aromatic carbocycles. The number of benzene rings is 3. The molecule has 3 aromatic rings. The average molecular weight is 363 g/mol. The molecule has 0 aromatic heterocycles. The quantitative estimate of drug-likeness (QED) is 0.485. The molecule has 0 radical (unpaired) electrons. The van der Waals surface area contributed by atoms with Gasteiger partial charge in [0, 0.05) is 28.8 Å². The minimum atomic E-state index is -0.420. The van der Waals surface area contributed by atoms with E-state index in [4.69, 9.17) is 14.2 Å². The number of ether oxygens (including phenoxy) is 3. The van der Waals surface area contributed by atoms with Crippen LogP contribution in [-0.2, 0) is 18.0 Å². The second-order valence-corrected chi connectivity index (χ2v) is 6.11. The van der Waals surface area contributed by atoms with Gasteiger partial charge < -0.3 is 14.2 Å².